The van der Waals surface area contributed by atoms with Crippen molar-refractivity contribution in [1.29, 1.82) is 0 Å². The number of piperidine rings is 1. The summed E-state index contributed by atoms with van der Waals surface area (Å²) in [5.74, 6) is 0.798. The molecule has 0 saturated carbocycles. The van der Waals surface area contributed by atoms with Crippen LogP contribution in [0.2, 0.25) is 0 Å². The Hall–Kier alpha value is -2.96. The van der Waals surface area contributed by atoms with Gasteiger partial charge in [0.25, 0.3) is 5.91 Å². The molecule has 2 amide bonds. The molecule has 1 aromatic heterocycles. The van der Waals surface area contributed by atoms with E-state index in [9.17, 15) is 9.59 Å². The fourth-order valence-corrected chi connectivity index (χ4v) is 4.16. The first kappa shape index (κ1) is 24.7. The molecule has 180 valence electrons. The molecule has 1 fully saturated rings. The summed E-state index contributed by atoms with van der Waals surface area (Å²) in [6.07, 6.45) is 3.26. The van der Waals surface area contributed by atoms with E-state index < -0.39 is 5.60 Å². The topological polar surface area (TPSA) is 64.0 Å². The molecule has 2 heterocycles. The Balaban J connectivity index is 1.54. The highest BCUT2D eigenvalue weighted by atomic mass is 16.6. The van der Waals surface area contributed by atoms with Gasteiger partial charge < -0.3 is 23.8 Å². The average molecular weight is 456 g/mol. The first-order valence-electron chi connectivity index (χ1n) is 11.6. The molecule has 0 radical (unpaired) electrons. The van der Waals surface area contributed by atoms with Crippen LogP contribution in [0.25, 0.3) is 0 Å². The molecule has 0 bridgehead atoms. The summed E-state index contributed by atoms with van der Waals surface area (Å²) in [6, 6.07) is 10.1. The number of aryl methyl sites for hydroxylation is 2. The van der Waals surface area contributed by atoms with Gasteiger partial charge in [0.2, 0.25) is 0 Å². The molecule has 0 spiro atoms. The minimum Gasteiger partial charge on any atom is -0.492 e. The smallest absolute Gasteiger partial charge is 0.410 e. The number of carbonyl (C=O) groups excluding carboxylic acids is 2. The zero-order valence-corrected chi connectivity index (χ0v) is 20.8. The number of aromatic nitrogens is 1. The Morgan fingerprint density at radius 3 is 2.33 bits per heavy atom. The van der Waals surface area contributed by atoms with E-state index in [2.05, 4.69) is 10.6 Å². The normalized spacial score (nSPS) is 14.8. The number of hydrogen-bond acceptors (Lipinski definition) is 4. The lowest BCUT2D eigenvalue weighted by atomic mass is 10.0. The van der Waals surface area contributed by atoms with Crippen LogP contribution in [0.3, 0.4) is 0 Å². The van der Waals surface area contributed by atoms with E-state index in [1.54, 1.807) is 16.8 Å². The van der Waals surface area contributed by atoms with Crippen LogP contribution in [0.4, 0.5) is 4.79 Å². The van der Waals surface area contributed by atoms with Gasteiger partial charge in [0, 0.05) is 32.4 Å². The van der Waals surface area contributed by atoms with Gasteiger partial charge in [-0.25, -0.2) is 4.79 Å². The second-order valence-corrected chi connectivity index (χ2v) is 9.90. The maximum absolute atomic E-state index is 13.1. The highest BCUT2D eigenvalue weighted by Gasteiger charge is 2.29. The van der Waals surface area contributed by atoms with Crippen LogP contribution in [-0.2, 0) is 4.74 Å². The maximum Gasteiger partial charge on any atom is 0.410 e. The molecule has 0 unspecified atom stereocenters. The first-order chi connectivity index (χ1) is 15.5. The second kappa shape index (κ2) is 10.3. The number of hydrogen-bond donors (Lipinski definition) is 0. The third-order valence-corrected chi connectivity index (χ3v) is 5.74. The van der Waals surface area contributed by atoms with E-state index in [1.807, 2.05) is 65.1 Å². The quantitative estimate of drug-likeness (QED) is 0.626. The Bertz CT molecular complexity index is 948. The molecule has 0 N–H and O–H groups in total. The lowest BCUT2D eigenvalue weighted by molar-refractivity contribution is 0.0186. The number of nitrogens with zero attached hydrogens (tertiary/aromatic N) is 3. The average Bonchev–Trinajstić information content (AvgIpc) is 3.21. The van der Waals surface area contributed by atoms with Crippen LogP contribution in [0.15, 0.2) is 36.5 Å². The van der Waals surface area contributed by atoms with Crippen LogP contribution >= 0.6 is 0 Å². The van der Waals surface area contributed by atoms with Gasteiger partial charge in [0.05, 0.1) is 6.54 Å². The van der Waals surface area contributed by atoms with Gasteiger partial charge in [-0.1, -0.05) is 6.07 Å². The summed E-state index contributed by atoms with van der Waals surface area (Å²) in [5, 5.41) is 0. The summed E-state index contributed by atoms with van der Waals surface area (Å²) in [7, 11) is 1.80. The predicted octanol–water partition coefficient (Wildman–Crippen LogP) is 4.83. The third-order valence-electron chi connectivity index (χ3n) is 5.74. The number of likely N-dealkylation sites (tertiary alicyclic amines) is 1. The van der Waals surface area contributed by atoms with Crippen molar-refractivity contribution < 1.29 is 19.1 Å². The standard InChI is InChI=1S/C26H37N3O4/c1-19-16-20(2)18-22(17-19)32-15-14-27(6)24(30)23-8-7-11-29(23)21-9-12-28(13-10-21)25(31)33-26(3,4)5/h7-8,11,16-18,21H,9-10,12-15H2,1-6H3. The summed E-state index contributed by atoms with van der Waals surface area (Å²) in [6.45, 7) is 11.9. The summed E-state index contributed by atoms with van der Waals surface area (Å²) >= 11 is 0. The molecule has 33 heavy (non-hydrogen) atoms. The minimum absolute atomic E-state index is 0.0291. The molecule has 1 aromatic carbocycles. The van der Waals surface area contributed by atoms with Gasteiger partial charge in [-0.3, -0.25) is 4.79 Å². The Kier molecular flexibility index (Phi) is 7.72. The number of benzene rings is 1. The SMILES string of the molecule is Cc1cc(C)cc(OCCN(C)C(=O)c2cccn2C2CCN(C(=O)OC(C)(C)C)CC2)c1. The number of ether oxygens (including phenoxy) is 2. The van der Waals surface area contributed by atoms with E-state index in [1.165, 1.54) is 0 Å². The number of rotatable bonds is 6. The minimum atomic E-state index is -0.500. The predicted molar refractivity (Wildman–Crippen MR) is 129 cm³/mol. The van der Waals surface area contributed by atoms with E-state index in [0.29, 0.717) is 31.9 Å². The van der Waals surface area contributed by atoms with Gasteiger partial charge in [0.15, 0.2) is 0 Å². The van der Waals surface area contributed by atoms with E-state index in [-0.39, 0.29) is 18.0 Å². The largest absolute Gasteiger partial charge is 0.492 e. The highest BCUT2D eigenvalue weighted by Crippen LogP contribution is 2.26. The lowest BCUT2D eigenvalue weighted by Gasteiger charge is -2.34. The van der Waals surface area contributed by atoms with Gasteiger partial charge >= 0.3 is 6.09 Å². The van der Waals surface area contributed by atoms with Crippen LogP contribution < -0.4 is 4.74 Å². The summed E-state index contributed by atoms with van der Waals surface area (Å²) < 4.78 is 13.4. The zero-order valence-electron chi connectivity index (χ0n) is 20.8. The van der Waals surface area contributed by atoms with Crippen molar-refractivity contribution >= 4 is 12.0 Å². The zero-order chi connectivity index (χ0) is 24.2. The van der Waals surface area contributed by atoms with Gasteiger partial charge in [-0.15, -0.1) is 0 Å². The van der Waals surface area contributed by atoms with Crippen LogP contribution in [0, 0.1) is 13.8 Å². The maximum atomic E-state index is 13.1. The third kappa shape index (κ3) is 6.76. The fourth-order valence-electron chi connectivity index (χ4n) is 4.16. The first-order valence-corrected chi connectivity index (χ1v) is 11.6. The number of likely N-dealkylation sites (N-methyl/N-ethyl adjacent to an activating group) is 1. The number of carbonyl (C=O) groups is 2. The molecule has 1 aliphatic heterocycles. The molecule has 1 saturated heterocycles. The highest BCUT2D eigenvalue weighted by molar-refractivity contribution is 5.92. The van der Waals surface area contributed by atoms with Crippen molar-refractivity contribution in [3.05, 3.63) is 53.3 Å². The van der Waals surface area contributed by atoms with Crippen molar-refractivity contribution in [2.24, 2.45) is 0 Å². The lowest BCUT2D eigenvalue weighted by Crippen LogP contribution is -2.42. The molecule has 0 atom stereocenters. The molecule has 2 aromatic rings. The van der Waals surface area contributed by atoms with E-state index in [4.69, 9.17) is 9.47 Å². The van der Waals surface area contributed by atoms with Crippen LogP contribution in [-0.4, -0.2) is 65.3 Å². The van der Waals surface area contributed by atoms with Crippen molar-refractivity contribution in [3.8, 4) is 5.75 Å². The Morgan fingerprint density at radius 2 is 1.73 bits per heavy atom. The number of amides is 2. The van der Waals surface area contributed by atoms with Gasteiger partial charge in [-0.05, 0) is 82.9 Å². The van der Waals surface area contributed by atoms with Gasteiger partial charge in [0.1, 0.15) is 23.7 Å². The van der Waals surface area contributed by atoms with Gasteiger partial charge in [-0.2, -0.15) is 0 Å². The molecule has 0 aliphatic carbocycles. The summed E-state index contributed by atoms with van der Waals surface area (Å²) in [4.78, 5) is 28.9. The van der Waals surface area contributed by atoms with E-state index >= 15 is 0 Å². The molecule has 1 aliphatic rings. The van der Waals surface area contributed by atoms with Crippen molar-refractivity contribution in [1.82, 2.24) is 14.4 Å². The monoisotopic (exact) mass is 455 g/mol. The Labute approximate surface area is 197 Å². The molecule has 3 rings (SSSR count). The Morgan fingerprint density at radius 1 is 1.09 bits per heavy atom. The van der Waals surface area contributed by atoms with Crippen molar-refractivity contribution in [2.75, 3.05) is 33.3 Å². The molecular formula is C26H37N3O4. The van der Waals surface area contributed by atoms with E-state index in [0.717, 1.165) is 29.7 Å². The fraction of sp³-hybridized carbons (Fsp3) is 0.538. The molecular weight excluding hydrogens is 418 g/mol. The molecule has 7 nitrogen and oxygen atoms in total. The van der Waals surface area contributed by atoms with Crippen LogP contribution in [0.1, 0.15) is 61.3 Å². The molecule has 7 heteroatoms. The van der Waals surface area contributed by atoms with Crippen molar-refractivity contribution in [2.45, 2.75) is 59.1 Å². The second-order valence-electron chi connectivity index (χ2n) is 9.90. The van der Waals surface area contributed by atoms with Crippen LogP contribution in [0.5, 0.6) is 5.75 Å². The van der Waals surface area contributed by atoms with Crippen molar-refractivity contribution in [3.63, 3.8) is 0 Å². The summed E-state index contributed by atoms with van der Waals surface area (Å²) in [5.41, 5.74) is 2.48.